The highest BCUT2D eigenvalue weighted by molar-refractivity contribution is 5.85. The van der Waals surface area contributed by atoms with E-state index < -0.39 is 11.2 Å². The largest absolute Gasteiger partial charge is 0.349 e. The number of nitrogens with zero attached hydrogens (tertiary/aromatic N) is 3. The smallest absolute Gasteiger partial charge is 0.329 e. The molecule has 0 bridgehead atoms. The molecule has 1 aliphatic heterocycles. The van der Waals surface area contributed by atoms with Crippen LogP contribution in [0, 0.1) is 0 Å². The van der Waals surface area contributed by atoms with Crippen LogP contribution >= 0.6 is 0 Å². The molecule has 0 saturated carbocycles. The van der Waals surface area contributed by atoms with Crippen molar-refractivity contribution >= 4 is 17.3 Å². The molecule has 1 N–H and O–H groups in total. The number of hydrogen-bond acceptors (Lipinski definition) is 5. The molecular weight excluding hydrogens is 284 g/mol. The van der Waals surface area contributed by atoms with E-state index in [4.69, 9.17) is 0 Å². The van der Waals surface area contributed by atoms with Gasteiger partial charge in [-0.05, 0) is 6.42 Å². The normalized spacial score (nSPS) is 13.6. The summed E-state index contributed by atoms with van der Waals surface area (Å²) in [4.78, 5) is 41.7. The van der Waals surface area contributed by atoms with Crippen molar-refractivity contribution < 1.29 is 4.79 Å². The van der Waals surface area contributed by atoms with Crippen LogP contribution in [0.2, 0.25) is 0 Å². The van der Waals surface area contributed by atoms with E-state index >= 15 is 0 Å². The molecule has 7 nitrogen and oxygen atoms in total. The second kappa shape index (κ2) is 6.81. The summed E-state index contributed by atoms with van der Waals surface area (Å²) < 4.78 is 1.39. The minimum Gasteiger partial charge on any atom is -0.349 e. The lowest BCUT2D eigenvalue weighted by atomic mass is 10.1. The van der Waals surface area contributed by atoms with E-state index in [9.17, 15) is 14.4 Å². The van der Waals surface area contributed by atoms with Gasteiger partial charge >= 0.3 is 5.69 Å². The van der Waals surface area contributed by atoms with Gasteiger partial charge in [0.05, 0.1) is 13.2 Å². The number of ketones is 1. The number of unbranched alkanes of at least 4 members (excludes halogenated alkanes) is 3. The molecule has 122 valence electrons. The van der Waals surface area contributed by atoms with Gasteiger partial charge in [0, 0.05) is 20.5 Å². The zero-order valence-corrected chi connectivity index (χ0v) is 13.5. The van der Waals surface area contributed by atoms with Crippen molar-refractivity contribution in [1.82, 2.24) is 9.55 Å². The lowest BCUT2D eigenvalue weighted by Crippen LogP contribution is -2.35. The molecule has 0 aromatic carbocycles. The standard InChI is InChI=1S/C15H24N4O3/c1-4-5-6-7-8-11(20)9-19-10-17(2)12-13(21)16-15(22)18(3)14(12)19/h4-10H2,1-3H3,(H,16,21,22). The van der Waals surface area contributed by atoms with Crippen LogP contribution in [0.5, 0.6) is 0 Å². The average molecular weight is 308 g/mol. The number of carbonyl (C=O) groups is 1. The maximum absolute atomic E-state index is 12.1. The van der Waals surface area contributed by atoms with Crippen LogP contribution in [-0.2, 0) is 11.8 Å². The van der Waals surface area contributed by atoms with Gasteiger partial charge in [-0.15, -0.1) is 0 Å². The number of aromatic nitrogens is 2. The first-order valence-electron chi connectivity index (χ1n) is 7.76. The lowest BCUT2D eigenvalue weighted by Gasteiger charge is -2.19. The number of aromatic amines is 1. The minimum absolute atomic E-state index is 0.144. The number of hydrogen-bond donors (Lipinski definition) is 1. The SMILES string of the molecule is CCCCCCC(=O)CN1CN(C)c2c1n(C)c(=O)[nH]c2=O. The highest BCUT2D eigenvalue weighted by Crippen LogP contribution is 2.29. The van der Waals surface area contributed by atoms with Crippen LogP contribution in [0.15, 0.2) is 9.59 Å². The summed E-state index contributed by atoms with van der Waals surface area (Å²) in [7, 11) is 3.39. The minimum atomic E-state index is -0.459. The van der Waals surface area contributed by atoms with Crippen LogP contribution in [0.3, 0.4) is 0 Å². The molecule has 2 rings (SSSR count). The molecule has 1 aromatic rings. The highest BCUT2D eigenvalue weighted by Gasteiger charge is 2.30. The van der Waals surface area contributed by atoms with Crippen molar-refractivity contribution in [2.45, 2.75) is 39.0 Å². The Morgan fingerprint density at radius 2 is 1.91 bits per heavy atom. The van der Waals surface area contributed by atoms with Gasteiger partial charge in [0.15, 0.2) is 5.78 Å². The van der Waals surface area contributed by atoms with Crippen molar-refractivity contribution in [3.63, 3.8) is 0 Å². The van der Waals surface area contributed by atoms with Crippen molar-refractivity contribution in [2.75, 3.05) is 30.1 Å². The van der Waals surface area contributed by atoms with Crippen molar-refractivity contribution in [1.29, 1.82) is 0 Å². The summed E-state index contributed by atoms with van der Waals surface area (Å²) in [6.07, 6.45) is 4.80. The average Bonchev–Trinajstić information content (AvgIpc) is 2.78. The zero-order chi connectivity index (χ0) is 16.3. The van der Waals surface area contributed by atoms with Gasteiger partial charge in [-0.25, -0.2) is 4.79 Å². The van der Waals surface area contributed by atoms with E-state index in [2.05, 4.69) is 11.9 Å². The third-order valence-electron chi connectivity index (χ3n) is 4.01. The zero-order valence-electron chi connectivity index (χ0n) is 13.5. The van der Waals surface area contributed by atoms with Crippen LogP contribution in [0.4, 0.5) is 11.5 Å². The van der Waals surface area contributed by atoms with Gasteiger partial charge in [-0.2, -0.15) is 0 Å². The molecule has 0 amide bonds. The molecule has 0 radical (unpaired) electrons. The number of rotatable bonds is 7. The summed E-state index contributed by atoms with van der Waals surface area (Å²) in [6, 6.07) is 0. The fourth-order valence-electron chi connectivity index (χ4n) is 2.86. The molecule has 0 unspecified atom stereocenters. The summed E-state index contributed by atoms with van der Waals surface area (Å²) in [6.45, 7) is 2.81. The second-order valence-electron chi connectivity index (χ2n) is 5.88. The third kappa shape index (κ3) is 3.23. The number of carbonyl (C=O) groups excluding carboxylic acids is 1. The molecule has 7 heteroatoms. The molecule has 0 spiro atoms. The Morgan fingerprint density at radius 1 is 1.18 bits per heavy atom. The first-order chi connectivity index (χ1) is 10.5. The predicted octanol–water partition coefficient (Wildman–Crippen LogP) is 0.827. The van der Waals surface area contributed by atoms with Gasteiger partial charge in [-0.1, -0.05) is 26.2 Å². The Morgan fingerprint density at radius 3 is 2.59 bits per heavy atom. The fraction of sp³-hybridized carbons (Fsp3) is 0.667. The molecule has 0 atom stereocenters. The maximum atomic E-state index is 12.1. The van der Waals surface area contributed by atoms with E-state index in [1.807, 2.05) is 0 Å². The molecule has 1 aromatic heterocycles. The predicted molar refractivity (Wildman–Crippen MR) is 86.7 cm³/mol. The molecule has 1 aliphatic rings. The number of anilines is 2. The Kier molecular flexibility index (Phi) is 5.05. The Labute approximate surface area is 129 Å². The molecule has 0 fully saturated rings. The molecular formula is C15H24N4O3. The van der Waals surface area contributed by atoms with Gasteiger partial charge in [0.25, 0.3) is 5.56 Å². The van der Waals surface area contributed by atoms with Crippen LogP contribution in [0.1, 0.15) is 39.0 Å². The number of nitrogens with one attached hydrogen (secondary N) is 1. The highest BCUT2D eigenvalue weighted by atomic mass is 16.2. The van der Waals surface area contributed by atoms with Gasteiger partial charge in [0.1, 0.15) is 11.5 Å². The summed E-state index contributed by atoms with van der Waals surface area (Å²) in [5.41, 5.74) is -0.418. The van der Waals surface area contributed by atoms with E-state index in [-0.39, 0.29) is 12.3 Å². The number of H-pyrrole nitrogens is 1. The summed E-state index contributed by atoms with van der Waals surface area (Å²) in [5, 5.41) is 0. The Balaban J connectivity index is 2.12. The van der Waals surface area contributed by atoms with Gasteiger partial charge < -0.3 is 9.80 Å². The topological polar surface area (TPSA) is 78.4 Å². The summed E-state index contributed by atoms with van der Waals surface area (Å²) in [5.74, 6) is 0.670. The van der Waals surface area contributed by atoms with Gasteiger partial charge in [0.2, 0.25) is 0 Å². The van der Waals surface area contributed by atoms with Crippen LogP contribution < -0.4 is 21.0 Å². The van der Waals surface area contributed by atoms with Crippen molar-refractivity contribution in [3.8, 4) is 0 Å². The summed E-state index contributed by atoms with van der Waals surface area (Å²) >= 11 is 0. The van der Waals surface area contributed by atoms with Crippen LogP contribution in [0.25, 0.3) is 0 Å². The van der Waals surface area contributed by atoms with Gasteiger partial charge in [-0.3, -0.25) is 19.1 Å². The third-order valence-corrected chi connectivity index (χ3v) is 4.01. The first-order valence-corrected chi connectivity index (χ1v) is 7.76. The molecule has 22 heavy (non-hydrogen) atoms. The second-order valence-corrected chi connectivity index (χ2v) is 5.88. The first kappa shape index (κ1) is 16.3. The van der Waals surface area contributed by atoms with Crippen LogP contribution in [-0.4, -0.2) is 35.6 Å². The monoisotopic (exact) mass is 308 g/mol. The lowest BCUT2D eigenvalue weighted by molar-refractivity contribution is -0.117. The van der Waals surface area contributed by atoms with E-state index in [1.165, 1.54) is 4.57 Å². The number of fused-ring (bicyclic) bond motifs is 1. The van der Waals surface area contributed by atoms with E-state index in [0.717, 1.165) is 25.7 Å². The Hall–Kier alpha value is -2.05. The molecule has 0 aliphatic carbocycles. The van der Waals surface area contributed by atoms with E-state index in [1.54, 1.807) is 23.9 Å². The number of Topliss-reactive ketones (excluding diaryl/α,β-unsaturated/α-hetero) is 1. The van der Waals surface area contributed by atoms with Crippen molar-refractivity contribution in [3.05, 3.63) is 20.8 Å². The quantitative estimate of drug-likeness (QED) is 0.755. The van der Waals surface area contributed by atoms with Crippen molar-refractivity contribution in [2.24, 2.45) is 7.05 Å². The Bertz CT molecular complexity index is 662. The maximum Gasteiger partial charge on any atom is 0.329 e. The molecule has 2 heterocycles. The van der Waals surface area contributed by atoms with E-state index in [0.29, 0.717) is 24.6 Å². The fourth-order valence-corrected chi connectivity index (χ4v) is 2.86. The molecule has 0 saturated heterocycles.